The zero-order chi connectivity index (χ0) is 14.5. The average molecular weight is 280 g/mol. The SMILES string of the molecule is CCNC(Cc1ncnn1CC)c1cc(F)cc(F)c1. The summed E-state index contributed by atoms with van der Waals surface area (Å²) in [5.74, 6) is -0.345. The van der Waals surface area contributed by atoms with E-state index in [9.17, 15) is 8.78 Å². The Labute approximate surface area is 116 Å². The van der Waals surface area contributed by atoms with Crippen molar-refractivity contribution in [2.24, 2.45) is 0 Å². The molecule has 0 aliphatic carbocycles. The molecule has 1 atom stereocenters. The van der Waals surface area contributed by atoms with E-state index in [1.165, 1.54) is 18.5 Å². The number of likely N-dealkylation sites (N-methyl/N-ethyl adjacent to an activating group) is 1. The predicted octanol–water partition coefficient (Wildman–Crippen LogP) is 2.47. The van der Waals surface area contributed by atoms with Crippen LogP contribution < -0.4 is 5.32 Å². The molecule has 0 spiro atoms. The predicted molar refractivity (Wildman–Crippen MR) is 72.2 cm³/mol. The Hall–Kier alpha value is -1.82. The molecule has 1 unspecified atom stereocenters. The van der Waals surface area contributed by atoms with Crippen LogP contribution >= 0.6 is 0 Å². The van der Waals surface area contributed by atoms with Crippen LogP contribution in [0.5, 0.6) is 0 Å². The molecule has 1 heterocycles. The van der Waals surface area contributed by atoms with Gasteiger partial charge in [-0.3, -0.25) is 4.68 Å². The van der Waals surface area contributed by atoms with Crippen molar-refractivity contribution in [2.45, 2.75) is 32.9 Å². The number of rotatable bonds is 6. The summed E-state index contributed by atoms with van der Waals surface area (Å²) in [5, 5.41) is 7.33. The first-order chi connectivity index (χ1) is 9.63. The van der Waals surface area contributed by atoms with Crippen molar-refractivity contribution in [1.82, 2.24) is 20.1 Å². The number of hydrogen-bond donors (Lipinski definition) is 1. The van der Waals surface area contributed by atoms with Crippen LogP contribution in [0.4, 0.5) is 8.78 Å². The zero-order valence-electron chi connectivity index (χ0n) is 11.6. The molecule has 0 aliphatic heterocycles. The molecule has 0 saturated carbocycles. The number of benzene rings is 1. The van der Waals surface area contributed by atoms with Crippen LogP contribution in [0.15, 0.2) is 24.5 Å². The lowest BCUT2D eigenvalue weighted by Crippen LogP contribution is -2.24. The van der Waals surface area contributed by atoms with Crippen LogP contribution in [0.25, 0.3) is 0 Å². The average Bonchev–Trinajstić information content (AvgIpc) is 2.84. The second-order valence-electron chi connectivity index (χ2n) is 4.51. The minimum Gasteiger partial charge on any atom is -0.310 e. The largest absolute Gasteiger partial charge is 0.310 e. The van der Waals surface area contributed by atoms with Gasteiger partial charge in [0.1, 0.15) is 23.8 Å². The van der Waals surface area contributed by atoms with Crippen LogP contribution in [0.1, 0.15) is 31.3 Å². The molecule has 0 amide bonds. The van der Waals surface area contributed by atoms with E-state index in [2.05, 4.69) is 15.4 Å². The molecule has 1 aromatic heterocycles. The van der Waals surface area contributed by atoms with Crippen LogP contribution in [-0.4, -0.2) is 21.3 Å². The summed E-state index contributed by atoms with van der Waals surface area (Å²) in [6.07, 6.45) is 2.03. The Kier molecular flexibility index (Phi) is 4.79. The highest BCUT2D eigenvalue weighted by molar-refractivity contribution is 5.22. The van der Waals surface area contributed by atoms with Crippen molar-refractivity contribution < 1.29 is 8.78 Å². The van der Waals surface area contributed by atoms with Crippen molar-refractivity contribution in [1.29, 1.82) is 0 Å². The molecule has 0 fully saturated rings. The summed E-state index contributed by atoms with van der Waals surface area (Å²) >= 11 is 0. The summed E-state index contributed by atoms with van der Waals surface area (Å²) in [4.78, 5) is 4.20. The molecule has 1 N–H and O–H groups in total. The third kappa shape index (κ3) is 3.39. The van der Waals surface area contributed by atoms with Crippen LogP contribution in [-0.2, 0) is 13.0 Å². The van der Waals surface area contributed by atoms with E-state index >= 15 is 0 Å². The summed E-state index contributed by atoms with van der Waals surface area (Å²) < 4.78 is 28.5. The molecule has 0 saturated heterocycles. The molecule has 0 aliphatic rings. The van der Waals surface area contributed by atoms with Gasteiger partial charge in [0.2, 0.25) is 0 Å². The van der Waals surface area contributed by atoms with Crippen LogP contribution in [0.2, 0.25) is 0 Å². The van der Waals surface area contributed by atoms with Crippen molar-refractivity contribution >= 4 is 0 Å². The first kappa shape index (κ1) is 14.6. The van der Waals surface area contributed by atoms with Gasteiger partial charge in [-0.15, -0.1) is 0 Å². The van der Waals surface area contributed by atoms with Gasteiger partial charge in [0.25, 0.3) is 0 Å². The second kappa shape index (κ2) is 6.56. The van der Waals surface area contributed by atoms with E-state index in [1.54, 1.807) is 4.68 Å². The fourth-order valence-electron chi connectivity index (χ4n) is 2.22. The van der Waals surface area contributed by atoms with Crippen molar-refractivity contribution in [3.63, 3.8) is 0 Å². The summed E-state index contributed by atoms with van der Waals surface area (Å²) in [6, 6.07) is 3.38. The van der Waals surface area contributed by atoms with Gasteiger partial charge < -0.3 is 5.32 Å². The zero-order valence-corrected chi connectivity index (χ0v) is 11.6. The lowest BCUT2D eigenvalue weighted by molar-refractivity contribution is 0.500. The number of aryl methyl sites for hydroxylation is 1. The molecule has 1 aromatic carbocycles. The van der Waals surface area contributed by atoms with E-state index in [4.69, 9.17) is 0 Å². The molecule has 20 heavy (non-hydrogen) atoms. The lowest BCUT2D eigenvalue weighted by Gasteiger charge is -2.18. The van der Waals surface area contributed by atoms with Gasteiger partial charge in [-0.2, -0.15) is 5.10 Å². The number of nitrogens with one attached hydrogen (secondary N) is 1. The Morgan fingerprint density at radius 1 is 1.20 bits per heavy atom. The highest BCUT2D eigenvalue weighted by Gasteiger charge is 2.16. The van der Waals surface area contributed by atoms with Gasteiger partial charge in [-0.1, -0.05) is 6.92 Å². The minimum absolute atomic E-state index is 0.195. The van der Waals surface area contributed by atoms with Crippen LogP contribution in [0.3, 0.4) is 0 Å². The van der Waals surface area contributed by atoms with Crippen molar-refractivity contribution in [2.75, 3.05) is 6.54 Å². The van der Waals surface area contributed by atoms with Crippen molar-refractivity contribution in [3.8, 4) is 0 Å². The number of halogens is 2. The van der Waals surface area contributed by atoms with Gasteiger partial charge in [-0.05, 0) is 31.2 Å². The normalized spacial score (nSPS) is 12.6. The molecular weight excluding hydrogens is 262 g/mol. The highest BCUT2D eigenvalue weighted by Crippen LogP contribution is 2.20. The van der Waals surface area contributed by atoms with Crippen LogP contribution in [0, 0.1) is 11.6 Å². The molecular formula is C14H18F2N4. The van der Waals surface area contributed by atoms with E-state index in [1.807, 2.05) is 13.8 Å². The first-order valence-electron chi connectivity index (χ1n) is 6.70. The maximum atomic E-state index is 13.4. The molecule has 6 heteroatoms. The highest BCUT2D eigenvalue weighted by atomic mass is 19.1. The summed E-state index contributed by atoms with van der Waals surface area (Å²) in [7, 11) is 0. The Morgan fingerprint density at radius 2 is 1.90 bits per heavy atom. The summed E-state index contributed by atoms with van der Waals surface area (Å²) in [6.45, 7) is 5.34. The van der Waals surface area contributed by atoms with Gasteiger partial charge in [0, 0.05) is 25.1 Å². The quantitative estimate of drug-likeness (QED) is 0.884. The molecule has 108 valence electrons. The number of hydrogen-bond acceptors (Lipinski definition) is 3. The monoisotopic (exact) mass is 280 g/mol. The van der Waals surface area contributed by atoms with Gasteiger partial charge >= 0.3 is 0 Å². The maximum Gasteiger partial charge on any atom is 0.138 e. The number of nitrogens with zero attached hydrogens (tertiary/aromatic N) is 3. The lowest BCUT2D eigenvalue weighted by atomic mass is 10.0. The Balaban J connectivity index is 2.26. The van der Waals surface area contributed by atoms with Crippen molar-refractivity contribution in [3.05, 3.63) is 47.5 Å². The third-order valence-electron chi connectivity index (χ3n) is 3.12. The topological polar surface area (TPSA) is 42.7 Å². The Morgan fingerprint density at radius 3 is 2.50 bits per heavy atom. The first-order valence-corrected chi connectivity index (χ1v) is 6.70. The van der Waals surface area contributed by atoms with Gasteiger partial charge in [-0.25, -0.2) is 13.8 Å². The van der Waals surface area contributed by atoms with E-state index in [0.717, 1.165) is 11.9 Å². The number of aromatic nitrogens is 3. The fourth-order valence-corrected chi connectivity index (χ4v) is 2.22. The fraction of sp³-hybridized carbons (Fsp3) is 0.429. The molecule has 0 bridgehead atoms. The molecule has 0 radical (unpaired) electrons. The molecule has 2 rings (SSSR count). The molecule has 2 aromatic rings. The maximum absolute atomic E-state index is 13.4. The smallest absolute Gasteiger partial charge is 0.138 e. The van der Waals surface area contributed by atoms with Gasteiger partial charge in [0.05, 0.1) is 0 Å². The third-order valence-corrected chi connectivity index (χ3v) is 3.12. The van der Waals surface area contributed by atoms with E-state index in [-0.39, 0.29) is 6.04 Å². The Bertz CT molecular complexity index is 548. The standard InChI is InChI=1S/C14H18F2N4/c1-3-17-13(8-14-18-9-19-20(14)4-2)10-5-11(15)7-12(16)6-10/h5-7,9,13,17H,3-4,8H2,1-2H3. The minimum atomic E-state index is -0.570. The van der Waals surface area contributed by atoms with E-state index < -0.39 is 11.6 Å². The second-order valence-corrected chi connectivity index (χ2v) is 4.51. The van der Waals surface area contributed by atoms with Gasteiger partial charge in [0.15, 0.2) is 0 Å². The summed E-state index contributed by atoms with van der Waals surface area (Å²) in [5.41, 5.74) is 0.579. The molecule has 4 nitrogen and oxygen atoms in total. The van der Waals surface area contributed by atoms with E-state index in [0.29, 0.717) is 25.1 Å².